The van der Waals surface area contributed by atoms with Gasteiger partial charge in [0.25, 0.3) is 0 Å². The number of nitrogens with zero attached hydrogens (tertiary/aromatic N) is 2. The van der Waals surface area contributed by atoms with Crippen molar-refractivity contribution in [3.8, 4) is 0 Å². The first-order valence-electron chi connectivity index (χ1n) is 10.4. The van der Waals surface area contributed by atoms with Gasteiger partial charge in [-0.05, 0) is 50.2 Å². The fourth-order valence-electron chi connectivity index (χ4n) is 3.75. The number of amides is 2. The smallest absolute Gasteiger partial charge is 0.318 e. The van der Waals surface area contributed by atoms with Crippen LogP contribution in [0.2, 0.25) is 0 Å². The minimum atomic E-state index is -0.936. The van der Waals surface area contributed by atoms with Crippen molar-refractivity contribution in [1.29, 1.82) is 0 Å². The molecule has 2 aromatic carbocycles. The Kier molecular flexibility index (Phi) is 7.95. The number of benzene rings is 2. The number of likely N-dealkylation sites (tertiary alicyclic amines) is 1. The van der Waals surface area contributed by atoms with E-state index in [-0.39, 0.29) is 37.3 Å². The van der Waals surface area contributed by atoms with Crippen molar-refractivity contribution < 1.29 is 23.8 Å². The molecule has 1 fully saturated rings. The van der Waals surface area contributed by atoms with Gasteiger partial charge >= 0.3 is 6.03 Å². The topological polar surface area (TPSA) is 76.0 Å². The van der Waals surface area contributed by atoms with E-state index >= 15 is 0 Å². The third-order valence-electron chi connectivity index (χ3n) is 5.73. The molecule has 31 heavy (non-hydrogen) atoms. The van der Waals surface area contributed by atoms with Crippen molar-refractivity contribution in [3.05, 3.63) is 70.8 Å². The Labute approximate surface area is 181 Å². The Hall–Kier alpha value is -2.55. The van der Waals surface area contributed by atoms with Crippen LogP contribution >= 0.6 is 0 Å². The lowest BCUT2D eigenvalue weighted by molar-refractivity contribution is 0.0956. The van der Waals surface area contributed by atoms with Crippen LogP contribution in [-0.4, -0.2) is 58.8 Å². The first-order chi connectivity index (χ1) is 14.9. The van der Waals surface area contributed by atoms with Gasteiger partial charge in [-0.2, -0.15) is 0 Å². The minimum absolute atomic E-state index is 0.0391. The molecule has 1 atom stereocenters. The molecule has 1 saturated heterocycles. The van der Waals surface area contributed by atoms with Gasteiger partial charge in [0, 0.05) is 24.2 Å². The second-order valence-electron chi connectivity index (χ2n) is 8.00. The zero-order valence-electron chi connectivity index (χ0n) is 17.6. The van der Waals surface area contributed by atoms with Crippen molar-refractivity contribution in [3.63, 3.8) is 0 Å². The Morgan fingerprint density at radius 2 is 1.87 bits per heavy atom. The van der Waals surface area contributed by atoms with E-state index in [9.17, 15) is 18.7 Å². The highest BCUT2D eigenvalue weighted by Gasteiger charge is 2.27. The molecule has 6 nitrogen and oxygen atoms in total. The van der Waals surface area contributed by atoms with Gasteiger partial charge in [0.2, 0.25) is 0 Å². The summed E-state index contributed by atoms with van der Waals surface area (Å²) in [5.41, 5.74) is 1.70. The maximum atomic E-state index is 14.2. The number of hydrogen-bond acceptors (Lipinski definition) is 4. The predicted octanol–water partition coefficient (Wildman–Crippen LogP) is 2.80. The molecule has 0 radical (unpaired) electrons. The van der Waals surface area contributed by atoms with Crippen LogP contribution < -0.4 is 5.32 Å². The predicted molar refractivity (Wildman–Crippen MR) is 113 cm³/mol. The summed E-state index contributed by atoms with van der Waals surface area (Å²) in [4.78, 5) is 16.9. The zero-order chi connectivity index (χ0) is 22.4. The molecule has 1 heterocycles. The summed E-state index contributed by atoms with van der Waals surface area (Å²) in [7, 11) is 2.03. The van der Waals surface area contributed by atoms with Gasteiger partial charge in [-0.1, -0.05) is 30.3 Å². The van der Waals surface area contributed by atoms with Gasteiger partial charge in [-0.15, -0.1) is 0 Å². The molecule has 0 aliphatic carbocycles. The summed E-state index contributed by atoms with van der Waals surface area (Å²) in [5, 5.41) is 21.6. The van der Waals surface area contributed by atoms with Crippen LogP contribution in [0.25, 0.3) is 0 Å². The minimum Gasteiger partial charge on any atom is -0.393 e. The summed E-state index contributed by atoms with van der Waals surface area (Å²) >= 11 is 0. The molecule has 1 aliphatic heterocycles. The highest BCUT2D eigenvalue weighted by Crippen LogP contribution is 2.21. The first kappa shape index (κ1) is 23.1. The lowest BCUT2D eigenvalue weighted by atomic mass is 10.0. The quantitative estimate of drug-likeness (QED) is 0.628. The molecule has 8 heteroatoms. The number of halogens is 2. The molecular weight excluding hydrogens is 404 g/mol. The Morgan fingerprint density at radius 3 is 2.48 bits per heavy atom. The van der Waals surface area contributed by atoms with Gasteiger partial charge in [0.15, 0.2) is 0 Å². The molecule has 0 bridgehead atoms. The molecule has 0 saturated carbocycles. The first-order valence-corrected chi connectivity index (χ1v) is 10.4. The average molecular weight is 433 g/mol. The summed E-state index contributed by atoms with van der Waals surface area (Å²) in [5.74, 6) is -1.31. The molecule has 2 amide bonds. The largest absolute Gasteiger partial charge is 0.393 e. The van der Waals surface area contributed by atoms with E-state index in [4.69, 9.17) is 5.11 Å². The van der Waals surface area contributed by atoms with Crippen molar-refractivity contribution in [1.82, 2.24) is 15.1 Å². The summed E-state index contributed by atoms with van der Waals surface area (Å²) in [6, 6.07) is 10.0. The van der Waals surface area contributed by atoms with E-state index in [1.807, 2.05) is 7.05 Å². The summed E-state index contributed by atoms with van der Waals surface area (Å²) < 4.78 is 27.5. The van der Waals surface area contributed by atoms with Gasteiger partial charge < -0.3 is 25.3 Å². The van der Waals surface area contributed by atoms with Gasteiger partial charge in [0.05, 0.1) is 13.2 Å². The van der Waals surface area contributed by atoms with Crippen LogP contribution in [0.1, 0.15) is 35.6 Å². The van der Waals surface area contributed by atoms with Crippen LogP contribution in [0, 0.1) is 11.6 Å². The van der Waals surface area contributed by atoms with Gasteiger partial charge in [0.1, 0.15) is 17.7 Å². The average Bonchev–Trinajstić information content (AvgIpc) is 2.77. The van der Waals surface area contributed by atoms with Crippen LogP contribution in [0.3, 0.4) is 0 Å². The van der Waals surface area contributed by atoms with Crippen LogP contribution in [-0.2, 0) is 13.1 Å². The highest BCUT2D eigenvalue weighted by molar-refractivity contribution is 5.74. The number of carbonyl (C=O) groups excluding carboxylic acids is 1. The van der Waals surface area contributed by atoms with E-state index in [2.05, 4.69) is 10.2 Å². The lowest BCUT2D eigenvalue weighted by Crippen LogP contribution is -2.49. The van der Waals surface area contributed by atoms with E-state index in [0.717, 1.165) is 37.6 Å². The maximum Gasteiger partial charge on any atom is 0.318 e. The van der Waals surface area contributed by atoms with Crippen LogP contribution in [0.4, 0.5) is 13.6 Å². The van der Waals surface area contributed by atoms with Gasteiger partial charge in [-0.25, -0.2) is 13.6 Å². The fourth-order valence-corrected chi connectivity index (χ4v) is 3.75. The number of urea groups is 1. The summed E-state index contributed by atoms with van der Waals surface area (Å²) in [6.45, 7) is 1.66. The molecule has 3 N–H and O–H groups in total. The van der Waals surface area contributed by atoms with Gasteiger partial charge in [-0.3, -0.25) is 0 Å². The normalized spacial score (nSPS) is 16.2. The third-order valence-corrected chi connectivity index (χ3v) is 5.73. The second-order valence-corrected chi connectivity index (χ2v) is 8.00. The second kappa shape index (κ2) is 10.7. The molecule has 3 rings (SSSR count). The summed E-state index contributed by atoms with van der Waals surface area (Å²) in [6.07, 6.45) is 0.621. The van der Waals surface area contributed by atoms with E-state index < -0.39 is 17.7 Å². The Bertz CT molecular complexity index is 871. The SMILES string of the molecule is CN1CCC(N(Cc2ccc(F)cc2F)C(=O)NCc2ccc([C@H](O)CO)cc2)CC1. The molecule has 168 valence electrons. The number of aliphatic hydroxyl groups is 2. The molecule has 0 spiro atoms. The van der Waals surface area contributed by atoms with Crippen molar-refractivity contribution in [2.45, 2.75) is 38.1 Å². The van der Waals surface area contributed by atoms with Crippen LogP contribution in [0.15, 0.2) is 42.5 Å². The van der Waals surface area contributed by atoms with E-state index in [1.165, 1.54) is 12.1 Å². The zero-order valence-corrected chi connectivity index (χ0v) is 17.6. The fraction of sp³-hybridized carbons (Fsp3) is 0.435. The molecule has 0 aromatic heterocycles. The molecule has 2 aromatic rings. The lowest BCUT2D eigenvalue weighted by Gasteiger charge is -2.37. The van der Waals surface area contributed by atoms with Crippen molar-refractivity contribution in [2.24, 2.45) is 0 Å². The van der Waals surface area contributed by atoms with Crippen LogP contribution in [0.5, 0.6) is 0 Å². The maximum absolute atomic E-state index is 14.2. The molecule has 1 aliphatic rings. The van der Waals surface area contributed by atoms with E-state index in [1.54, 1.807) is 29.2 Å². The number of aliphatic hydroxyl groups excluding tert-OH is 2. The standard InChI is InChI=1S/C23H29F2N3O3/c1-27-10-8-20(9-11-27)28(14-18-6-7-19(24)12-21(18)25)23(31)26-13-16-2-4-17(5-3-16)22(30)15-29/h2-7,12,20,22,29-30H,8-11,13-15H2,1H3,(H,26,31)/t22-/m1/s1. The monoisotopic (exact) mass is 433 g/mol. The Morgan fingerprint density at radius 1 is 1.19 bits per heavy atom. The van der Waals surface area contributed by atoms with Crippen molar-refractivity contribution in [2.75, 3.05) is 26.7 Å². The number of nitrogens with one attached hydrogen (secondary N) is 1. The van der Waals surface area contributed by atoms with Crippen molar-refractivity contribution >= 4 is 6.03 Å². The third kappa shape index (κ3) is 6.22. The van der Waals surface area contributed by atoms with E-state index in [0.29, 0.717) is 5.56 Å². The highest BCUT2D eigenvalue weighted by atomic mass is 19.1. The molecular formula is C23H29F2N3O3. The molecule has 0 unspecified atom stereocenters. The Balaban J connectivity index is 1.69. The number of hydrogen-bond donors (Lipinski definition) is 3. The number of carbonyl (C=O) groups is 1. The number of piperidine rings is 1. The number of rotatable bonds is 7.